The molecule has 0 bridgehead atoms. The highest BCUT2D eigenvalue weighted by Gasteiger charge is 2.27. The largest absolute Gasteiger partial charge is 0.147 e. The van der Waals surface area contributed by atoms with Crippen LogP contribution in [-0.4, -0.2) is 6.66 Å². The summed E-state index contributed by atoms with van der Waals surface area (Å²) in [6.45, 7) is 2.41. The van der Waals surface area contributed by atoms with Gasteiger partial charge in [0.15, 0.2) is 0 Å². The van der Waals surface area contributed by atoms with Crippen molar-refractivity contribution >= 4 is 35.6 Å². The van der Waals surface area contributed by atoms with Crippen molar-refractivity contribution in [3.8, 4) is 0 Å². The topological polar surface area (TPSA) is 0 Å². The second-order valence-corrected chi connectivity index (χ2v) is 9.73. The van der Waals surface area contributed by atoms with Gasteiger partial charge in [-0.3, -0.25) is 0 Å². The zero-order valence-corrected chi connectivity index (χ0v) is 17.2. The van der Waals surface area contributed by atoms with E-state index in [-0.39, 0.29) is 12.4 Å². The van der Waals surface area contributed by atoms with Gasteiger partial charge in [-0.2, -0.15) is 0 Å². The molecule has 0 saturated heterocycles. The summed E-state index contributed by atoms with van der Waals surface area (Å²) in [4.78, 5) is 0. The van der Waals surface area contributed by atoms with Gasteiger partial charge in [-0.1, -0.05) is 127 Å². The second-order valence-electron chi connectivity index (χ2n) is 6.17. The van der Waals surface area contributed by atoms with Gasteiger partial charge in [-0.15, -0.1) is 12.4 Å². The lowest BCUT2D eigenvalue weighted by molar-refractivity contribution is 1.72. The van der Waals surface area contributed by atoms with Crippen LogP contribution in [0.4, 0.5) is 0 Å². The van der Waals surface area contributed by atoms with Gasteiger partial charge < -0.3 is 0 Å². The highest BCUT2D eigenvalue weighted by atomic mass is 35.5. The van der Waals surface area contributed by atoms with E-state index >= 15 is 0 Å². The first-order valence-electron chi connectivity index (χ1n) is 8.85. The van der Waals surface area contributed by atoms with Crippen LogP contribution in [-0.2, 0) is 0 Å². The van der Waals surface area contributed by atoms with Crippen molar-refractivity contribution in [1.29, 1.82) is 0 Å². The van der Waals surface area contributed by atoms with E-state index in [1.807, 2.05) is 36.4 Å². The van der Waals surface area contributed by atoms with E-state index < -0.39 is 7.26 Å². The molecule has 0 saturated carbocycles. The molecule has 137 valence electrons. The average molecular weight is 392 g/mol. The molecule has 0 nitrogen and oxygen atoms in total. The van der Waals surface area contributed by atoms with Crippen LogP contribution < -0.4 is 15.9 Å². The maximum Gasteiger partial charge on any atom is -0.0199 e. The molecule has 0 amide bonds. The molecule has 0 aliphatic rings. The van der Waals surface area contributed by atoms with Crippen LogP contribution in [0.2, 0.25) is 0 Å². The third-order valence-corrected chi connectivity index (χ3v) is 8.48. The maximum absolute atomic E-state index is 2.41. The van der Waals surface area contributed by atoms with Crippen molar-refractivity contribution < 1.29 is 0 Å². The fourth-order valence-corrected chi connectivity index (χ4v) is 6.21. The summed E-state index contributed by atoms with van der Waals surface area (Å²) in [5, 5.41) is 4.28. The lowest BCUT2D eigenvalue weighted by Gasteiger charge is -2.34. The number of rotatable bonds is 3. The molecule has 0 unspecified atom stereocenters. The van der Waals surface area contributed by atoms with Gasteiger partial charge in [0.25, 0.3) is 0 Å². The molecule has 27 heavy (non-hydrogen) atoms. The van der Waals surface area contributed by atoms with E-state index in [2.05, 4.69) is 97.7 Å². The maximum atomic E-state index is 2.41. The molecule has 2 heteroatoms. The van der Waals surface area contributed by atoms with Crippen molar-refractivity contribution in [3.63, 3.8) is 0 Å². The summed E-state index contributed by atoms with van der Waals surface area (Å²) in [5.41, 5.74) is 0. The molecule has 0 heterocycles. The summed E-state index contributed by atoms with van der Waals surface area (Å²) in [6.07, 6.45) is 0. The zero-order valence-electron chi connectivity index (χ0n) is 15.5. The third-order valence-electron chi connectivity index (χ3n) is 4.48. The summed E-state index contributed by atoms with van der Waals surface area (Å²) >= 11 is 0. The smallest absolute Gasteiger partial charge is 0.0199 e. The Balaban J connectivity index is 0.000000320. The van der Waals surface area contributed by atoms with Gasteiger partial charge in [0.2, 0.25) is 0 Å². The van der Waals surface area contributed by atoms with Crippen molar-refractivity contribution in [2.24, 2.45) is 0 Å². The molecule has 4 aromatic carbocycles. The van der Waals surface area contributed by atoms with Crippen molar-refractivity contribution in [2.45, 2.75) is 0 Å². The third kappa shape index (κ3) is 5.30. The Morgan fingerprint density at radius 1 is 0.370 bits per heavy atom. The molecular formula is C25H25ClP. The van der Waals surface area contributed by atoms with Crippen molar-refractivity contribution in [3.05, 3.63) is 127 Å². The Labute approximate surface area is 169 Å². The van der Waals surface area contributed by atoms with Gasteiger partial charge in [-0.25, -0.2) is 0 Å². The van der Waals surface area contributed by atoms with Crippen LogP contribution in [0, 0.1) is 0 Å². The molecule has 0 atom stereocenters. The summed E-state index contributed by atoms with van der Waals surface area (Å²) in [7, 11) is -1.53. The quantitative estimate of drug-likeness (QED) is 0.392. The van der Waals surface area contributed by atoms with E-state index in [0.29, 0.717) is 0 Å². The molecule has 0 aromatic heterocycles. The van der Waals surface area contributed by atoms with E-state index in [0.717, 1.165) is 0 Å². The molecule has 1 radical (unpaired) electrons. The number of hydrogen-bond donors (Lipinski definition) is 0. The standard InChI is InChI=1S/C19H18P.C6H6.ClH/c1-20(17-11-5-2-6-12-17,18-13-7-3-8-14-18)19-15-9-4-10-16-19;1-2-4-6-5-3-1;/h2-16H,1H3;1-6H;1H. The van der Waals surface area contributed by atoms with Crippen molar-refractivity contribution in [1.82, 2.24) is 0 Å². The molecule has 0 aliphatic carbocycles. The second kappa shape index (κ2) is 10.7. The monoisotopic (exact) mass is 391 g/mol. The zero-order chi connectivity index (χ0) is 18.1. The van der Waals surface area contributed by atoms with Crippen LogP contribution >= 0.6 is 19.7 Å². The van der Waals surface area contributed by atoms with Gasteiger partial charge in [0, 0.05) is 0 Å². The molecule has 0 aliphatic heterocycles. The Morgan fingerprint density at radius 3 is 0.778 bits per heavy atom. The number of hydrogen-bond acceptors (Lipinski definition) is 0. The molecule has 0 fully saturated rings. The van der Waals surface area contributed by atoms with Crippen LogP contribution in [0.25, 0.3) is 0 Å². The van der Waals surface area contributed by atoms with Crippen molar-refractivity contribution in [2.75, 3.05) is 6.66 Å². The predicted octanol–water partition coefficient (Wildman–Crippen LogP) is 5.72. The molecule has 4 rings (SSSR count). The van der Waals surface area contributed by atoms with Gasteiger partial charge >= 0.3 is 0 Å². The van der Waals surface area contributed by atoms with Gasteiger partial charge in [-0.05, 0) is 29.8 Å². The number of benzene rings is 4. The fourth-order valence-electron chi connectivity index (χ4n) is 3.01. The lowest BCUT2D eigenvalue weighted by Crippen LogP contribution is -2.30. The highest BCUT2D eigenvalue weighted by molar-refractivity contribution is 7.95. The minimum Gasteiger partial charge on any atom is -0.147 e. The fraction of sp³-hybridized carbons (Fsp3) is 0.0400. The van der Waals surface area contributed by atoms with E-state index in [9.17, 15) is 0 Å². The predicted molar refractivity (Wildman–Crippen MR) is 125 cm³/mol. The van der Waals surface area contributed by atoms with E-state index in [1.54, 1.807) is 0 Å². The first-order valence-corrected chi connectivity index (χ1v) is 11.1. The highest BCUT2D eigenvalue weighted by Crippen LogP contribution is 2.51. The normalized spacial score (nSPS) is 10.1. The van der Waals surface area contributed by atoms with Gasteiger partial charge in [0.05, 0.1) is 0 Å². The van der Waals surface area contributed by atoms with Crippen LogP contribution in [0.1, 0.15) is 0 Å². The average Bonchev–Trinajstić information content (AvgIpc) is 2.77. The van der Waals surface area contributed by atoms with Crippen LogP contribution in [0.3, 0.4) is 0 Å². The van der Waals surface area contributed by atoms with Crippen LogP contribution in [0.5, 0.6) is 0 Å². The Morgan fingerprint density at radius 2 is 0.556 bits per heavy atom. The van der Waals surface area contributed by atoms with Gasteiger partial charge in [0.1, 0.15) is 0 Å². The lowest BCUT2D eigenvalue weighted by atomic mass is 10.4. The first kappa shape index (κ1) is 20.9. The molecular weight excluding hydrogens is 367 g/mol. The molecule has 4 aromatic rings. The molecule has 0 N–H and O–H groups in total. The number of halogens is 1. The molecule has 0 spiro atoms. The van der Waals surface area contributed by atoms with Crippen LogP contribution in [0.15, 0.2) is 127 Å². The first-order chi connectivity index (χ1) is 12.8. The minimum absolute atomic E-state index is 0. The Kier molecular flexibility index (Phi) is 8.27. The Bertz CT molecular complexity index is 755. The van der Waals surface area contributed by atoms with E-state index in [1.165, 1.54) is 15.9 Å². The minimum atomic E-state index is -1.53. The Hall–Kier alpha value is -2.40. The SMILES string of the molecule is C[P](c1ccccc1)(c1ccccc1)c1ccccc1.Cl.c1ccccc1. The summed E-state index contributed by atoms with van der Waals surface area (Å²) < 4.78 is 0. The van der Waals surface area contributed by atoms with E-state index in [4.69, 9.17) is 0 Å². The summed E-state index contributed by atoms with van der Waals surface area (Å²) in [6, 6.07) is 44.6. The summed E-state index contributed by atoms with van der Waals surface area (Å²) in [5.74, 6) is 0.